The highest BCUT2D eigenvalue weighted by Crippen LogP contribution is 2.16. The summed E-state index contributed by atoms with van der Waals surface area (Å²) in [5.41, 5.74) is 0. The molecular formula is C14H20O3. The average molecular weight is 236 g/mol. The Bertz CT molecular complexity index is 307. The van der Waals surface area contributed by atoms with E-state index in [2.05, 4.69) is 6.92 Å². The van der Waals surface area contributed by atoms with E-state index in [1.807, 2.05) is 30.3 Å². The first-order chi connectivity index (χ1) is 8.34. The summed E-state index contributed by atoms with van der Waals surface area (Å²) in [5.74, 6) is 0.922. The molecule has 1 atom stereocenters. The summed E-state index contributed by atoms with van der Waals surface area (Å²) in [6.45, 7) is 3.72. The maximum Gasteiger partial charge on any atom is 0.157 e. The zero-order valence-electron chi connectivity index (χ0n) is 10.3. The summed E-state index contributed by atoms with van der Waals surface area (Å²) >= 11 is 0. The fourth-order valence-electron chi connectivity index (χ4n) is 1.86. The van der Waals surface area contributed by atoms with Crippen molar-refractivity contribution in [1.29, 1.82) is 0 Å². The van der Waals surface area contributed by atoms with Crippen molar-refractivity contribution in [1.82, 2.24) is 0 Å². The maximum atomic E-state index is 5.79. The zero-order chi connectivity index (χ0) is 11.9. The minimum atomic E-state index is -0.0365. The lowest BCUT2D eigenvalue weighted by atomic mass is 10.2. The second-order valence-electron chi connectivity index (χ2n) is 4.34. The van der Waals surface area contributed by atoms with E-state index in [0.717, 1.165) is 38.2 Å². The molecule has 1 aliphatic rings. The number of hydrogen-bond donors (Lipinski definition) is 0. The Hall–Kier alpha value is -1.06. The van der Waals surface area contributed by atoms with Gasteiger partial charge in [-0.05, 0) is 31.9 Å². The van der Waals surface area contributed by atoms with Crippen LogP contribution in [0.3, 0.4) is 0 Å². The van der Waals surface area contributed by atoms with E-state index in [4.69, 9.17) is 14.2 Å². The normalized spacial score (nSPS) is 18.9. The minimum absolute atomic E-state index is 0.0365. The molecule has 1 fully saturated rings. The maximum absolute atomic E-state index is 5.79. The molecule has 0 aromatic heterocycles. The number of rotatable bonds is 5. The first-order valence-corrected chi connectivity index (χ1v) is 6.29. The second kappa shape index (κ2) is 6.62. The molecule has 0 amide bonds. The van der Waals surface area contributed by atoms with E-state index in [0.29, 0.717) is 0 Å². The molecule has 0 N–H and O–H groups in total. The van der Waals surface area contributed by atoms with Crippen molar-refractivity contribution < 1.29 is 14.2 Å². The van der Waals surface area contributed by atoms with Crippen LogP contribution in [0.1, 0.15) is 26.2 Å². The van der Waals surface area contributed by atoms with Gasteiger partial charge >= 0.3 is 0 Å². The molecule has 1 aliphatic heterocycles. The zero-order valence-corrected chi connectivity index (χ0v) is 10.3. The van der Waals surface area contributed by atoms with Gasteiger partial charge in [0.05, 0.1) is 19.3 Å². The van der Waals surface area contributed by atoms with Crippen molar-refractivity contribution in [3.63, 3.8) is 0 Å². The molecular weight excluding hydrogens is 216 g/mol. The molecule has 0 radical (unpaired) electrons. The minimum Gasteiger partial charge on any atom is -0.491 e. The summed E-state index contributed by atoms with van der Waals surface area (Å²) < 4.78 is 16.8. The third-order valence-electron chi connectivity index (χ3n) is 2.79. The molecule has 94 valence electrons. The van der Waals surface area contributed by atoms with Gasteiger partial charge in [0.15, 0.2) is 6.29 Å². The van der Waals surface area contributed by atoms with E-state index < -0.39 is 0 Å². The molecule has 1 aromatic rings. The first kappa shape index (κ1) is 12.4. The average Bonchev–Trinajstić information content (AvgIpc) is 2.39. The number of hydrogen-bond acceptors (Lipinski definition) is 3. The van der Waals surface area contributed by atoms with Crippen LogP contribution in [0.15, 0.2) is 30.3 Å². The lowest BCUT2D eigenvalue weighted by Crippen LogP contribution is -2.26. The first-order valence-electron chi connectivity index (χ1n) is 6.29. The summed E-state index contributed by atoms with van der Waals surface area (Å²) in [7, 11) is 0. The molecule has 3 heteroatoms. The lowest BCUT2D eigenvalue weighted by molar-refractivity contribution is -0.183. The number of ether oxygens (including phenoxy) is 3. The molecule has 0 spiro atoms. The van der Waals surface area contributed by atoms with Gasteiger partial charge in [-0.3, -0.25) is 0 Å². The highest BCUT2D eigenvalue weighted by molar-refractivity contribution is 5.21. The van der Waals surface area contributed by atoms with Gasteiger partial charge in [0.2, 0.25) is 0 Å². The third-order valence-corrected chi connectivity index (χ3v) is 2.79. The Morgan fingerprint density at radius 1 is 1.24 bits per heavy atom. The van der Waals surface area contributed by atoms with E-state index in [-0.39, 0.29) is 12.4 Å². The molecule has 0 bridgehead atoms. The fourth-order valence-corrected chi connectivity index (χ4v) is 1.86. The van der Waals surface area contributed by atoms with Gasteiger partial charge in [0.1, 0.15) is 5.75 Å². The summed E-state index contributed by atoms with van der Waals surface area (Å²) in [4.78, 5) is 0. The van der Waals surface area contributed by atoms with Crippen molar-refractivity contribution in [3.8, 4) is 5.75 Å². The topological polar surface area (TPSA) is 27.7 Å². The van der Waals surface area contributed by atoms with E-state index in [1.165, 1.54) is 0 Å². The molecule has 1 aromatic carbocycles. The number of benzene rings is 1. The van der Waals surface area contributed by atoms with Gasteiger partial charge < -0.3 is 14.2 Å². The fraction of sp³-hybridized carbons (Fsp3) is 0.571. The highest BCUT2D eigenvalue weighted by Gasteiger charge is 2.15. The van der Waals surface area contributed by atoms with Gasteiger partial charge in [0.25, 0.3) is 0 Å². The highest BCUT2D eigenvalue weighted by atomic mass is 16.7. The van der Waals surface area contributed by atoms with Crippen LogP contribution < -0.4 is 4.74 Å². The van der Waals surface area contributed by atoms with Crippen molar-refractivity contribution in [2.75, 3.05) is 13.2 Å². The van der Waals surface area contributed by atoms with Crippen LogP contribution in [-0.4, -0.2) is 25.6 Å². The monoisotopic (exact) mass is 236 g/mol. The molecule has 1 saturated heterocycles. The Kier molecular flexibility index (Phi) is 4.83. The SMILES string of the molecule is CC(CCC1OCCCO1)Oc1ccccc1. The molecule has 0 saturated carbocycles. The summed E-state index contributed by atoms with van der Waals surface area (Å²) in [5, 5.41) is 0. The lowest BCUT2D eigenvalue weighted by Gasteiger charge is -2.24. The molecule has 1 unspecified atom stereocenters. The Morgan fingerprint density at radius 3 is 2.65 bits per heavy atom. The van der Waals surface area contributed by atoms with Crippen molar-refractivity contribution in [2.45, 2.75) is 38.6 Å². The standard InChI is InChI=1S/C14H20O3/c1-12(17-13-6-3-2-4-7-13)8-9-14-15-10-5-11-16-14/h2-4,6-7,12,14H,5,8-11H2,1H3. The molecule has 1 heterocycles. The molecule has 2 rings (SSSR count). The summed E-state index contributed by atoms with van der Waals surface area (Å²) in [6.07, 6.45) is 3.00. The van der Waals surface area contributed by atoms with Crippen LogP contribution in [0.2, 0.25) is 0 Å². The molecule has 0 aliphatic carbocycles. The van der Waals surface area contributed by atoms with Gasteiger partial charge in [0, 0.05) is 6.42 Å². The predicted octanol–water partition coefficient (Wildman–Crippen LogP) is 3.00. The van der Waals surface area contributed by atoms with Crippen LogP contribution in [0.4, 0.5) is 0 Å². The van der Waals surface area contributed by atoms with Crippen LogP contribution in [0.5, 0.6) is 5.75 Å². The van der Waals surface area contributed by atoms with Crippen LogP contribution in [0.25, 0.3) is 0 Å². The second-order valence-corrected chi connectivity index (χ2v) is 4.34. The molecule has 3 nitrogen and oxygen atoms in total. The Labute approximate surface area is 103 Å². The van der Waals surface area contributed by atoms with Crippen molar-refractivity contribution in [3.05, 3.63) is 30.3 Å². The van der Waals surface area contributed by atoms with Gasteiger partial charge in [-0.2, -0.15) is 0 Å². The third kappa shape index (κ3) is 4.36. The Morgan fingerprint density at radius 2 is 1.94 bits per heavy atom. The summed E-state index contributed by atoms with van der Waals surface area (Å²) in [6, 6.07) is 9.90. The largest absolute Gasteiger partial charge is 0.491 e. The number of para-hydroxylation sites is 1. The van der Waals surface area contributed by atoms with E-state index in [9.17, 15) is 0 Å². The smallest absolute Gasteiger partial charge is 0.157 e. The van der Waals surface area contributed by atoms with Gasteiger partial charge in [-0.1, -0.05) is 18.2 Å². The van der Waals surface area contributed by atoms with E-state index in [1.54, 1.807) is 0 Å². The van der Waals surface area contributed by atoms with Crippen molar-refractivity contribution >= 4 is 0 Å². The van der Waals surface area contributed by atoms with E-state index >= 15 is 0 Å². The molecule has 17 heavy (non-hydrogen) atoms. The van der Waals surface area contributed by atoms with Crippen LogP contribution in [-0.2, 0) is 9.47 Å². The van der Waals surface area contributed by atoms with Crippen LogP contribution >= 0.6 is 0 Å². The van der Waals surface area contributed by atoms with Crippen molar-refractivity contribution in [2.24, 2.45) is 0 Å². The quantitative estimate of drug-likeness (QED) is 0.786. The van der Waals surface area contributed by atoms with Crippen LogP contribution in [0, 0.1) is 0 Å². The Balaban J connectivity index is 1.68. The van der Waals surface area contributed by atoms with Gasteiger partial charge in [-0.15, -0.1) is 0 Å². The predicted molar refractivity (Wildman–Crippen MR) is 66.1 cm³/mol. The van der Waals surface area contributed by atoms with Gasteiger partial charge in [-0.25, -0.2) is 0 Å².